The van der Waals surface area contributed by atoms with Gasteiger partial charge in [-0.3, -0.25) is 14.7 Å². The molecule has 0 atom stereocenters. The van der Waals surface area contributed by atoms with Gasteiger partial charge in [0.1, 0.15) is 22.9 Å². The minimum atomic E-state index is -0.611. The second-order valence-corrected chi connectivity index (χ2v) is 8.02. The molecule has 0 aliphatic carbocycles. The number of primary amides is 1. The number of carbonyl (C=O) groups is 2. The summed E-state index contributed by atoms with van der Waals surface area (Å²) in [4.78, 5) is 32.4. The van der Waals surface area contributed by atoms with Crippen molar-refractivity contribution in [1.82, 2.24) is 25.5 Å². The molecule has 4 rings (SSSR count). The van der Waals surface area contributed by atoms with Crippen molar-refractivity contribution in [2.45, 2.75) is 13.8 Å². The number of ether oxygens (including phenoxy) is 1. The number of nitrogens with two attached hydrogens (primary N) is 1. The number of anilines is 4. The van der Waals surface area contributed by atoms with Crippen molar-refractivity contribution < 1.29 is 14.3 Å². The Morgan fingerprint density at radius 2 is 1.78 bits per heavy atom. The molecule has 184 valence electrons. The van der Waals surface area contributed by atoms with Crippen LogP contribution < -0.4 is 26.4 Å². The van der Waals surface area contributed by atoms with E-state index < -0.39 is 5.91 Å². The highest BCUT2D eigenvalue weighted by atomic mass is 16.5. The smallest absolute Gasteiger partial charge is 0.254 e. The first-order chi connectivity index (χ1) is 17.3. The Kier molecular flexibility index (Phi) is 6.81. The quantitative estimate of drug-likeness (QED) is 0.253. The zero-order valence-electron chi connectivity index (χ0n) is 20.3. The van der Waals surface area contributed by atoms with Gasteiger partial charge in [-0.05, 0) is 54.8 Å². The van der Waals surface area contributed by atoms with Crippen LogP contribution in [0, 0.1) is 13.8 Å². The van der Waals surface area contributed by atoms with E-state index in [2.05, 4.69) is 36.1 Å². The summed E-state index contributed by atoms with van der Waals surface area (Å²) in [6.45, 7) is 3.82. The summed E-state index contributed by atoms with van der Waals surface area (Å²) >= 11 is 0. The Balaban J connectivity index is 1.62. The average molecular weight is 487 g/mol. The van der Waals surface area contributed by atoms with Crippen molar-refractivity contribution >= 4 is 35.1 Å². The molecule has 11 heteroatoms. The summed E-state index contributed by atoms with van der Waals surface area (Å²) < 4.78 is 5.63. The lowest BCUT2D eigenvalue weighted by molar-refractivity contribution is 0.0961. The molecule has 0 saturated heterocycles. The van der Waals surface area contributed by atoms with Gasteiger partial charge in [0.2, 0.25) is 5.95 Å². The average Bonchev–Trinajstić information content (AvgIpc) is 3.34. The lowest BCUT2D eigenvalue weighted by atomic mass is 9.98. The molecule has 0 aliphatic rings. The molecular formula is C25H26N8O3. The number of benzene rings is 2. The topological polar surface area (TPSA) is 160 Å². The Morgan fingerprint density at radius 1 is 1.03 bits per heavy atom. The number of carbonyl (C=O) groups excluding carboxylic acids is 2. The summed E-state index contributed by atoms with van der Waals surface area (Å²) in [5, 5.41) is 15.4. The summed E-state index contributed by atoms with van der Waals surface area (Å²) in [7, 11) is 3.18. The number of methoxy groups -OCH3 is 1. The van der Waals surface area contributed by atoms with E-state index in [1.54, 1.807) is 32.5 Å². The molecule has 0 saturated carbocycles. The highest BCUT2D eigenvalue weighted by Crippen LogP contribution is 2.35. The lowest BCUT2D eigenvalue weighted by Gasteiger charge is -2.16. The van der Waals surface area contributed by atoms with Gasteiger partial charge < -0.3 is 26.4 Å². The van der Waals surface area contributed by atoms with Crippen LogP contribution in [0.2, 0.25) is 0 Å². The van der Waals surface area contributed by atoms with E-state index in [1.165, 1.54) is 6.20 Å². The molecule has 2 aromatic heterocycles. The lowest BCUT2D eigenvalue weighted by Crippen LogP contribution is -2.17. The molecule has 6 N–H and O–H groups in total. The van der Waals surface area contributed by atoms with Gasteiger partial charge in [-0.25, -0.2) is 4.98 Å². The van der Waals surface area contributed by atoms with Gasteiger partial charge in [-0.15, -0.1) is 0 Å². The molecule has 0 bridgehead atoms. The third kappa shape index (κ3) is 4.94. The van der Waals surface area contributed by atoms with Gasteiger partial charge in [0, 0.05) is 24.4 Å². The number of nitrogens with one attached hydrogen (secondary N) is 4. The van der Waals surface area contributed by atoms with Crippen LogP contribution in [-0.2, 0) is 0 Å². The molecule has 0 unspecified atom stereocenters. The summed E-state index contributed by atoms with van der Waals surface area (Å²) in [5.41, 5.74) is 10.5. The van der Waals surface area contributed by atoms with Crippen molar-refractivity contribution in [3.8, 4) is 16.9 Å². The monoisotopic (exact) mass is 486 g/mol. The molecular weight excluding hydrogens is 460 g/mol. The zero-order valence-corrected chi connectivity index (χ0v) is 20.3. The highest BCUT2D eigenvalue weighted by molar-refractivity contribution is 5.98. The highest BCUT2D eigenvalue weighted by Gasteiger charge is 2.15. The maximum absolute atomic E-state index is 11.8. The zero-order chi connectivity index (χ0) is 25.8. The second kappa shape index (κ2) is 10.1. The predicted octanol–water partition coefficient (Wildman–Crippen LogP) is 3.44. The van der Waals surface area contributed by atoms with Crippen molar-refractivity contribution in [1.29, 1.82) is 0 Å². The first-order valence-electron chi connectivity index (χ1n) is 11.0. The second-order valence-electron chi connectivity index (χ2n) is 8.02. The molecule has 2 heterocycles. The molecule has 0 radical (unpaired) electrons. The number of aromatic amines is 1. The molecule has 4 aromatic rings. The first kappa shape index (κ1) is 24.2. The van der Waals surface area contributed by atoms with Crippen LogP contribution in [0.4, 0.5) is 23.3 Å². The minimum absolute atomic E-state index is 0.138. The van der Waals surface area contributed by atoms with Gasteiger partial charge >= 0.3 is 0 Å². The maximum atomic E-state index is 11.8. The van der Waals surface area contributed by atoms with Crippen LogP contribution in [0.5, 0.6) is 5.75 Å². The van der Waals surface area contributed by atoms with Gasteiger partial charge in [0.15, 0.2) is 0 Å². The standard InChI is InChI=1S/C25H26N8O3/c1-13-9-19(20(36-4)10-17(13)15-5-7-16(8-6-15)24(35)27-3)30-25-28-11-14(2)22(32-25)31-23-18(21(26)34)12-29-33-23/h5-12H,1-4H3,(H2,26,34)(H,27,35)(H3,28,29,30,31,32,33). The summed E-state index contributed by atoms with van der Waals surface area (Å²) in [6, 6.07) is 11.2. The molecule has 11 nitrogen and oxygen atoms in total. The largest absolute Gasteiger partial charge is 0.495 e. The normalized spacial score (nSPS) is 10.6. The van der Waals surface area contributed by atoms with E-state index in [-0.39, 0.29) is 11.5 Å². The van der Waals surface area contributed by atoms with E-state index in [0.29, 0.717) is 34.6 Å². The Hall–Kier alpha value is -4.93. The number of aryl methyl sites for hydroxylation is 2. The van der Waals surface area contributed by atoms with Crippen LogP contribution in [-0.4, -0.2) is 46.1 Å². The van der Waals surface area contributed by atoms with Crippen molar-refractivity contribution in [2.75, 3.05) is 24.8 Å². The van der Waals surface area contributed by atoms with Crippen LogP contribution in [0.1, 0.15) is 31.8 Å². The Bertz CT molecular complexity index is 1430. The Morgan fingerprint density at radius 3 is 2.44 bits per heavy atom. The third-order valence-corrected chi connectivity index (χ3v) is 5.60. The summed E-state index contributed by atoms with van der Waals surface area (Å²) in [5.74, 6) is 0.983. The number of amides is 2. The van der Waals surface area contributed by atoms with Gasteiger partial charge in [-0.2, -0.15) is 10.1 Å². The number of H-pyrrole nitrogens is 1. The van der Waals surface area contributed by atoms with E-state index in [4.69, 9.17) is 10.5 Å². The SMILES string of the molecule is CNC(=O)c1ccc(-c2cc(OC)c(Nc3ncc(C)c(Nc4[nH]ncc4C(N)=O)n3)cc2C)cc1. The van der Waals surface area contributed by atoms with E-state index in [0.717, 1.165) is 22.3 Å². The van der Waals surface area contributed by atoms with Crippen molar-refractivity contribution in [2.24, 2.45) is 5.73 Å². The molecule has 0 spiro atoms. The van der Waals surface area contributed by atoms with Crippen molar-refractivity contribution in [3.05, 3.63) is 71.0 Å². The third-order valence-electron chi connectivity index (χ3n) is 5.60. The van der Waals surface area contributed by atoms with Crippen molar-refractivity contribution in [3.63, 3.8) is 0 Å². The fourth-order valence-corrected chi connectivity index (χ4v) is 3.65. The molecule has 2 amide bonds. The molecule has 0 aliphatic heterocycles. The number of hydrogen-bond donors (Lipinski definition) is 5. The minimum Gasteiger partial charge on any atom is -0.495 e. The predicted molar refractivity (Wildman–Crippen MR) is 137 cm³/mol. The summed E-state index contributed by atoms with van der Waals surface area (Å²) in [6.07, 6.45) is 3.00. The first-order valence-corrected chi connectivity index (χ1v) is 11.0. The van der Waals surface area contributed by atoms with Crippen LogP contribution >= 0.6 is 0 Å². The number of nitrogens with zero attached hydrogens (tertiary/aromatic N) is 3. The molecule has 0 fully saturated rings. The van der Waals surface area contributed by atoms with Crippen LogP contribution in [0.25, 0.3) is 11.1 Å². The Labute approximate surface area is 207 Å². The van der Waals surface area contributed by atoms with E-state index in [1.807, 2.05) is 38.1 Å². The fraction of sp³-hybridized carbons (Fsp3) is 0.160. The van der Waals surface area contributed by atoms with E-state index >= 15 is 0 Å². The molecule has 36 heavy (non-hydrogen) atoms. The maximum Gasteiger partial charge on any atom is 0.254 e. The number of hydrogen-bond acceptors (Lipinski definition) is 8. The fourth-order valence-electron chi connectivity index (χ4n) is 3.65. The van der Waals surface area contributed by atoms with Crippen LogP contribution in [0.15, 0.2) is 48.8 Å². The van der Waals surface area contributed by atoms with E-state index in [9.17, 15) is 9.59 Å². The van der Waals surface area contributed by atoms with Crippen LogP contribution in [0.3, 0.4) is 0 Å². The van der Waals surface area contributed by atoms with Gasteiger partial charge in [0.05, 0.1) is 19.0 Å². The van der Waals surface area contributed by atoms with Gasteiger partial charge in [0.25, 0.3) is 11.8 Å². The number of rotatable bonds is 8. The molecule has 2 aromatic carbocycles. The van der Waals surface area contributed by atoms with Gasteiger partial charge in [-0.1, -0.05) is 12.1 Å². The number of aromatic nitrogens is 4.